The van der Waals surface area contributed by atoms with Gasteiger partial charge in [-0.3, -0.25) is 0 Å². The molecular weight excluding hydrogens is 300 g/mol. The molecule has 0 amide bonds. The van der Waals surface area contributed by atoms with Gasteiger partial charge in [-0.2, -0.15) is 0 Å². The first-order chi connectivity index (χ1) is 10.5. The lowest BCUT2D eigenvalue weighted by Gasteiger charge is -2.48. The van der Waals surface area contributed by atoms with Gasteiger partial charge in [0.1, 0.15) is 6.26 Å². The maximum Gasteiger partial charge on any atom is 0.410 e. The minimum Gasteiger partial charge on any atom is -0.519 e. The van der Waals surface area contributed by atoms with E-state index in [1.165, 1.54) is 38.5 Å². The Morgan fingerprint density at radius 1 is 1.04 bits per heavy atom. The fourth-order valence-electron chi connectivity index (χ4n) is 5.15. The third kappa shape index (κ3) is 2.75. The molecule has 3 aliphatic carbocycles. The van der Waals surface area contributed by atoms with Crippen molar-refractivity contribution in [2.24, 2.45) is 10.8 Å². The van der Waals surface area contributed by atoms with E-state index in [9.17, 15) is 0 Å². The third-order valence-corrected chi connectivity index (χ3v) is 11.6. The molecule has 3 heteroatoms. The lowest BCUT2D eigenvalue weighted by molar-refractivity contribution is 0.134. The van der Waals surface area contributed by atoms with Gasteiger partial charge in [0, 0.05) is 10.1 Å². The molecular formula is C20H34O2Si. The summed E-state index contributed by atoms with van der Waals surface area (Å²) in [5.41, 5.74) is 4.00. The Labute approximate surface area is 143 Å². The largest absolute Gasteiger partial charge is 0.519 e. The molecule has 0 aromatic rings. The Morgan fingerprint density at radius 3 is 2.04 bits per heavy atom. The van der Waals surface area contributed by atoms with E-state index in [0.29, 0.717) is 16.9 Å². The summed E-state index contributed by atoms with van der Waals surface area (Å²) in [4.78, 5) is 0. The van der Waals surface area contributed by atoms with E-state index in [0.717, 1.165) is 0 Å². The molecule has 2 nitrogen and oxygen atoms in total. The van der Waals surface area contributed by atoms with Gasteiger partial charge in [0.15, 0.2) is 0 Å². The van der Waals surface area contributed by atoms with Crippen LogP contribution in [0, 0.1) is 10.8 Å². The van der Waals surface area contributed by atoms with Gasteiger partial charge < -0.3 is 8.85 Å². The normalized spacial score (nSPS) is 32.0. The van der Waals surface area contributed by atoms with Gasteiger partial charge in [-0.05, 0) is 49.4 Å². The van der Waals surface area contributed by atoms with Crippen LogP contribution in [0.25, 0.3) is 0 Å². The summed E-state index contributed by atoms with van der Waals surface area (Å²) in [5, 5.41) is -0.00347. The second kappa shape index (κ2) is 5.00. The number of hydrogen-bond donors (Lipinski definition) is 0. The first kappa shape index (κ1) is 17.3. The molecule has 130 valence electrons. The molecule has 0 aromatic carbocycles. The van der Waals surface area contributed by atoms with E-state index < -0.39 is 8.56 Å². The molecule has 0 heterocycles. The highest BCUT2D eigenvalue weighted by Crippen LogP contribution is 2.73. The second-order valence-electron chi connectivity index (χ2n) is 10.4. The molecule has 0 bridgehead atoms. The maximum atomic E-state index is 6.96. The van der Waals surface area contributed by atoms with Crippen LogP contribution in [-0.2, 0) is 8.85 Å². The second-order valence-corrected chi connectivity index (χ2v) is 15.1. The third-order valence-electron chi connectivity index (χ3n) is 6.54. The van der Waals surface area contributed by atoms with Crippen LogP contribution < -0.4 is 0 Å². The lowest BCUT2D eigenvalue weighted by atomic mass is 10.0. The summed E-state index contributed by atoms with van der Waals surface area (Å²) in [7, 11) is -2.50. The van der Waals surface area contributed by atoms with Crippen molar-refractivity contribution in [3.63, 3.8) is 0 Å². The van der Waals surface area contributed by atoms with Crippen molar-refractivity contribution in [1.82, 2.24) is 0 Å². The zero-order valence-electron chi connectivity index (χ0n) is 15.9. The Hall–Kier alpha value is -0.503. The highest BCUT2D eigenvalue weighted by atomic mass is 28.4. The SMILES string of the molecule is C=C=CO[Si](OC1CC12CCC1(CC1)C2)(C(C)(C)C)C(C)(C)C. The van der Waals surface area contributed by atoms with Crippen LogP contribution in [0.3, 0.4) is 0 Å². The van der Waals surface area contributed by atoms with Gasteiger partial charge in [0.25, 0.3) is 0 Å². The molecule has 2 spiro atoms. The predicted molar refractivity (Wildman–Crippen MR) is 97.4 cm³/mol. The van der Waals surface area contributed by atoms with Crippen molar-refractivity contribution in [3.05, 3.63) is 18.6 Å². The molecule has 2 atom stereocenters. The maximum absolute atomic E-state index is 6.96. The van der Waals surface area contributed by atoms with E-state index in [-0.39, 0.29) is 10.1 Å². The molecule has 3 aliphatic rings. The quantitative estimate of drug-likeness (QED) is 0.352. The van der Waals surface area contributed by atoms with Crippen molar-refractivity contribution in [1.29, 1.82) is 0 Å². The Bertz CT molecular complexity index is 515. The molecule has 2 unspecified atom stereocenters. The van der Waals surface area contributed by atoms with Gasteiger partial charge >= 0.3 is 8.56 Å². The van der Waals surface area contributed by atoms with E-state index in [4.69, 9.17) is 8.85 Å². The van der Waals surface area contributed by atoms with Crippen molar-refractivity contribution < 1.29 is 8.85 Å². The summed E-state index contributed by atoms with van der Waals surface area (Å²) in [6, 6.07) is 0. The van der Waals surface area contributed by atoms with Gasteiger partial charge in [-0.1, -0.05) is 53.9 Å². The first-order valence-corrected chi connectivity index (χ1v) is 11.0. The molecule has 3 rings (SSSR count). The van der Waals surface area contributed by atoms with E-state index in [2.05, 4.69) is 53.9 Å². The average Bonchev–Trinajstić information content (AvgIpc) is 3.24. The molecule has 23 heavy (non-hydrogen) atoms. The Morgan fingerprint density at radius 2 is 1.61 bits per heavy atom. The highest BCUT2D eigenvalue weighted by molar-refractivity contribution is 6.73. The van der Waals surface area contributed by atoms with E-state index in [1.54, 1.807) is 6.26 Å². The smallest absolute Gasteiger partial charge is 0.410 e. The lowest BCUT2D eigenvalue weighted by Crippen LogP contribution is -2.57. The van der Waals surface area contributed by atoms with Gasteiger partial charge in [0.2, 0.25) is 0 Å². The van der Waals surface area contributed by atoms with Crippen LogP contribution in [0.4, 0.5) is 0 Å². The molecule has 0 aromatic heterocycles. The van der Waals surface area contributed by atoms with Crippen molar-refractivity contribution in [3.8, 4) is 0 Å². The van der Waals surface area contributed by atoms with Gasteiger partial charge in [-0.25, -0.2) is 0 Å². The van der Waals surface area contributed by atoms with Gasteiger partial charge in [0.05, 0.1) is 6.10 Å². The van der Waals surface area contributed by atoms with Crippen LogP contribution in [0.1, 0.15) is 80.1 Å². The van der Waals surface area contributed by atoms with E-state index in [1.807, 2.05) is 0 Å². The summed E-state index contributed by atoms with van der Waals surface area (Å²) < 4.78 is 13.3. The van der Waals surface area contributed by atoms with Crippen LogP contribution >= 0.6 is 0 Å². The van der Waals surface area contributed by atoms with Crippen LogP contribution in [0.2, 0.25) is 10.1 Å². The molecule has 0 saturated heterocycles. The molecule has 0 N–H and O–H groups in total. The van der Waals surface area contributed by atoms with Crippen LogP contribution in [0.15, 0.2) is 18.6 Å². The molecule has 3 saturated carbocycles. The summed E-state index contributed by atoms with van der Waals surface area (Å²) >= 11 is 0. The molecule has 0 radical (unpaired) electrons. The first-order valence-electron chi connectivity index (χ1n) is 9.19. The molecule has 3 fully saturated rings. The van der Waals surface area contributed by atoms with Crippen LogP contribution in [-0.4, -0.2) is 14.7 Å². The molecule has 0 aliphatic heterocycles. The summed E-state index contributed by atoms with van der Waals surface area (Å²) in [6.07, 6.45) is 10.4. The van der Waals surface area contributed by atoms with Crippen molar-refractivity contribution >= 4 is 8.56 Å². The summed E-state index contributed by atoms with van der Waals surface area (Å²) in [6.45, 7) is 17.3. The number of rotatable bonds is 4. The Kier molecular flexibility index (Phi) is 3.77. The topological polar surface area (TPSA) is 18.5 Å². The minimum absolute atomic E-state index is 0.00173. The van der Waals surface area contributed by atoms with Crippen molar-refractivity contribution in [2.75, 3.05) is 0 Å². The fraction of sp³-hybridized carbons (Fsp3) is 0.850. The fourth-order valence-corrected chi connectivity index (χ4v) is 9.86. The van der Waals surface area contributed by atoms with Crippen LogP contribution in [0.5, 0.6) is 0 Å². The number of hydrogen-bond acceptors (Lipinski definition) is 2. The van der Waals surface area contributed by atoms with E-state index >= 15 is 0 Å². The monoisotopic (exact) mass is 334 g/mol. The minimum atomic E-state index is -2.50. The highest BCUT2D eigenvalue weighted by Gasteiger charge is 2.70. The zero-order valence-corrected chi connectivity index (χ0v) is 16.9. The van der Waals surface area contributed by atoms with Gasteiger partial charge in [-0.15, -0.1) is 0 Å². The standard InChI is InChI=1S/C20H34O2Si/c1-8-13-21-23(17(2,3)4,18(5,6)7)22-16-14-20(16)12-11-19(15-20)9-10-19/h13,16H,1,9-12,14-15H2,2-7H3. The average molecular weight is 335 g/mol. The predicted octanol–water partition coefficient (Wildman–Crippen LogP) is 6.08. The zero-order chi connectivity index (χ0) is 17.1. The Balaban J connectivity index is 1.83. The summed E-state index contributed by atoms with van der Waals surface area (Å²) in [5.74, 6) is 0. The van der Waals surface area contributed by atoms with Crippen molar-refractivity contribution in [2.45, 2.75) is 96.2 Å².